The molecule has 4 nitrogen and oxygen atoms in total. The number of nitrogens with zero attached hydrogens (tertiary/aromatic N) is 3. The first-order chi connectivity index (χ1) is 28.9. The summed E-state index contributed by atoms with van der Waals surface area (Å²) >= 11 is 0. The number of rotatable bonds is 7. The van der Waals surface area contributed by atoms with E-state index >= 15 is 0 Å². The van der Waals surface area contributed by atoms with Crippen LogP contribution >= 0.6 is 0 Å². The van der Waals surface area contributed by atoms with E-state index in [2.05, 4.69) is 64.3 Å². The molecule has 0 unspecified atom stereocenters. The van der Waals surface area contributed by atoms with Gasteiger partial charge in [-0.15, -0.1) is 29.3 Å². The van der Waals surface area contributed by atoms with Gasteiger partial charge in [-0.3, -0.25) is 9.55 Å². The molecule has 0 aliphatic heterocycles. The SMILES string of the molecule is [2H]C([2H])([2H])c1cc(-n2c(-c3cc(C)cc(C)c3O[CH2-])nc3c(-c4[c-]c(-c5cc(-c6ccccc6)ccn5)cc(C(C)(C)C)c4)cccc32)cc(-c2ccccc2)c1C([2H])([2H])[2H].[Pt+2]. The quantitative estimate of drug-likeness (QED) is 0.150. The molecule has 8 aromatic rings. The largest absolute Gasteiger partial charge is 2.00 e. The van der Waals surface area contributed by atoms with Gasteiger partial charge < -0.3 is 4.74 Å². The number of ether oxygens (including phenoxy) is 1. The maximum Gasteiger partial charge on any atom is 2.00 e. The Labute approximate surface area is 354 Å². The number of aromatic nitrogens is 3. The minimum absolute atomic E-state index is 0. The molecule has 8 rings (SSSR count). The van der Waals surface area contributed by atoms with E-state index in [1.807, 2.05) is 97.4 Å². The summed E-state index contributed by atoms with van der Waals surface area (Å²) in [7, 11) is 3.80. The average molecular weight is 917 g/mol. The monoisotopic (exact) mass is 916 g/mol. The van der Waals surface area contributed by atoms with Crippen molar-refractivity contribution in [2.24, 2.45) is 0 Å². The summed E-state index contributed by atoms with van der Waals surface area (Å²) in [6.07, 6.45) is 1.82. The molecule has 0 saturated heterocycles. The van der Waals surface area contributed by atoms with E-state index in [1.165, 1.54) is 6.07 Å². The van der Waals surface area contributed by atoms with Gasteiger partial charge in [-0.05, 0) is 108 Å². The smallest absolute Gasteiger partial charge is 0.665 e. The maximum atomic E-state index is 8.67. The fourth-order valence-electron chi connectivity index (χ4n) is 7.35. The number of fused-ring (bicyclic) bond motifs is 1. The van der Waals surface area contributed by atoms with Crippen LogP contribution in [0, 0.1) is 40.7 Å². The molecule has 0 radical (unpaired) electrons. The number of aryl methyl sites for hydroxylation is 3. The molecule has 2 aromatic heterocycles. The predicted octanol–water partition coefficient (Wildman–Crippen LogP) is 13.3. The van der Waals surface area contributed by atoms with Gasteiger partial charge in [0.25, 0.3) is 0 Å². The molecule has 0 aliphatic carbocycles. The van der Waals surface area contributed by atoms with Crippen LogP contribution in [0.1, 0.15) is 56.8 Å². The minimum Gasteiger partial charge on any atom is -0.665 e. The van der Waals surface area contributed by atoms with Crippen molar-refractivity contribution >= 4 is 11.0 Å². The van der Waals surface area contributed by atoms with Gasteiger partial charge in [-0.1, -0.05) is 117 Å². The van der Waals surface area contributed by atoms with E-state index in [9.17, 15) is 0 Å². The number of hydrogen-bond donors (Lipinski definition) is 0. The fraction of sp³-hybridized carbons (Fsp3) is 0.157. The first-order valence-electron chi connectivity index (χ1n) is 21.3. The Morgan fingerprint density at radius 3 is 2.12 bits per heavy atom. The second-order valence-electron chi connectivity index (χ2n) is 15.1. The topological polar surface area (TPSA) is 39.9 Å². The van der Waals surface area contributed by atoms with Gasteiger partial charge in [0.2, 0.25) is 0 Å². The molecule has 2 heterocycles. The van der Waals surface area contributed by atoms with Gasteiger partial charge in [-0.2, -0.15) is 7.11 Å². The van der Waals surface area contributed by atoms with Gasteiger partial charge in [-0.25, -0.2) is 4.98 Å². The minimum atomic E-state index is -2.77. The molecule has 0 amide bonds. The number of para-hydroxylation sites is 1. The van der Waals surface area contributed by atoms with Crippen LogP contribution in [0.3, 0.4) is 0 Å². The number of hydrogen-bond acceptors (Lipinski definition) is 3. The Morgan fingerprint density at radius 2 is 1.43 bits per heavy atom. The van der Waals surface area contributed by atoms with Crippen LogP contribution in [0.5, 0.6) is 5.75 Å². The van der Waals surface area contributed by atoms with Gasteiger partial charge in [0.05, 0.1) is 22.3 Å². The van der Waals surface area contributed by atoms with Crippen molar-refractivity contribution in [3.63, 3.8) is 0 Å². The van der Waals surface area contributed by atoms with E-state index in [0.717, 1.165) is 50.2 Å². The molecule has 56 heavy (non-hydrogen) atoms. The summed E-state index contributed by atoms with van der Waals surface area (Å²) in [6, 6.07) is 44.4. The molecule has 6 aromatic carbocycles. The normalized spacial score (nSPS) is 13.5. The zero-order valence-electron chi connectivity index (χ0n) is 38.0. The Hall–Kier alpha value is -5.57. The first-order valence-corrected chi connectivity index (χ1v) is 18.3. The third-order valence-electron chi connectivity index (χ3n) is 10.1. The Morgan fingerprint density at radius 1 is 0.696 bits per heavy atom. The van der Waals surface area contributed by atoms with Gasteiger partial charge in [0.1, 0.15) is 5.82 Å². The van der Waals surface area contributed by atoms with Crippen molar-refractivity contribution < 1.29 is 34.0 Å². The molecule has 5 heteroatoms. The van der Waals surface area contributed by atoms with Crippen molar-refractivity contribution in [1.82, 2.24) is 14.5 Å². The summed E-state index contributed by atoms with van der Waals surface area (Å²) in [6.45, 7) is 4.95. The van der Waals surface area contributed by atoms with Crippen LogP contribution in [0.2, 0.25) is 0 Å². The Bertz CT molecular complexity index is 2930. The van der Waals surface area contributed by atoms with E-state index in [4.69, 9.17) is 22.9 Å². The van der Waals surface area contributed by atoms with Crippen LogP contribution in [0.25, 0.3) is 72.7 Å². The predicted molar refractivity (Wildman–Crippen MR) is 229 cm³/mol. The molecule has 0 fully saturated rings. The molecular weight excluding hydrogens is 866 g/mol. The number of benzene rings is 6. The molecule has 280 valence electrons. The Balaban J connectivity index is 0.00000578. The van der Waals surface area contributed by atoms with Crippen LogP contribution in [0.4, 0.5) is 0 Å². The molecule has 0 aliphatic rings. The number of pyridine rings is 1. The average Bonchev–Trinajstić information content (AvgIpc) is 3.62. The Kier molecular flexibility index (Phi) is 8.76. The molecule has 0 atom stereocenters. The summed E-state index contributed by atoms with van der Waals surface area (Å²) in [5.41, 5.74) is 10.7. The van der Waals surface area contributed by atoms with E-state index < -0.39 is 13.7 Å². The zero-order chi connectivity index (χ0) is 43.4. The summed E-state index contributed by atoms with van der Waals surface area (Å²) < 4.78 is 59.5. The van der Waals surface area contributed by atoms with Gasteiger partial charge in [0, 0.05) is 25.8 Å². The summed E-state index contributed by atoms with van der Waals surface area (Å²) in [4.78, 5) is 10.2. The van der Waals surface area contributed by atoms with E-state index in [-0.39, 0.29) is 37.6 Å². The molecule has 0 bridgehead atoms. The van der Waals surface area contributed by atoms with Crippen LogP contribution in [0.15, 0.2) is 134 Å². The van der Waals surface area contributed by atoms with Crippen molar-refractivity contribution in [1.29, 1.82) is 0 Å². The fourth-order valence-corrected chi connectivity index (χ4v) is 7.35. The van der Waals surface area contributed by atoms with Crippen molar-refractivity contribution in [2.45, 2.75) is 53.7 Å². The standard InChI is InChI=1S/C51H45N3O.Pt/c1-32-24-34(3)49(55-8)45(25-32)50-53-48-43(20-15-21-47(48)54(50)42-26-33(2)35(4)44(31-42)37-18-13-10-14-19-37)39-27-40(29-41(28-39)51(5,6)7)46-30-38(22-23-52-46)36-16-11-9-12-17-36;/h9-26,28-31H,8H2,1-7H3;/q-2;+2/i2D3,4D3;. The van der Waals surface area contributed by atoms with Crippen LogP contribution in [-0.2, 0) is 26.5 Å². The summed E-state index contributed by atoms with van der Waals surface area (Å²) in [5, 5.41) is 0. The first kappa shape index (κ1) is 31.6. The van der Waals surface area contributed by atoms with Crippen LogP contribution < -0.4 is 4.74 Å². The third kappa shape index (κ3) is 7.27. The van der Waals surface area contributed by atoms with E-state index in [1.54, 1.807) is 18.2 Å². The molecular formula is C51H45N3OPt. The second kappa shape index (κ2) is 15.5. The van der Waals surface area contributed by atoms with Gasteiger partial charge >= 0.3 is 21.1 Å². The van der Waals surface area contributed by atoms with Crippen molar-refractivity contribution in [3.05, 3.63) is 175 Å². The third-order valence-corrected chi connectivity index (χ3v) is 10.1. The molecule has 0 spiro atoms. The summed E-state index contributed by atoms with van der Waals surface area (Å²) in [5.74, 6) is 0.976. The van der Waals surface area contributed by atoms with Crippen molar-refractivity contribution in [2.75, 3.05) is 0 Å². The van der Waals surface area contributed by atoms with Crippen molar-refractivity contribution in [3.8, 4) is 67.5 Å². The van der Waals surface area contributed by atoms with Gasteiger partial charge in [0.15, 0.2) is 0 Å². The number of imidazole rings is 1. The maximum absolute atomic E-state index is 8.67. The van der Waals surface area contributed by atoms with Crippen LogP contribution in [-0.4, -0.2) is 14.5 Å². The molecule has 0 N–H and O–H groups in total. The van der Waals surface area contributed by atoms with E-state index in [0.29, 0.717) is 45.0 Å². The second-order valence-corrected chi connectivity index (χ2v) is 15.1. The molecule has 0 saturated carbocycles. The zero-order valence-corrected chi connectivity index (χ0v) is 34.2.